The summed E-state index contributed by atoms with van der Waals surface area (Å²) in [6.07, 6.45) is 0.915. The second-order valence-corrected chi connectivity index (χ2v) is 7.71. The van der Waals surface area contributed by atoms with E-state index in [4.69, 9.17) is 9.84 Å². The Hall–Kier alpha value is -2.12. The summed E-state index contributed by atoms with van der Waals surface area (Å²) in [6, 6.07) is 7.10. The molecule has 1 aliphatic heterocycles. The van der Waals surface area contributed by atoms with Crippen molar-refractivity contribution in [1.29, 1.82) is 0 Å². The fourth-order valence-corrected chi connectivity index (χ4v) is 3.08. The standard InChI is InChI=1S/C20H30N2O5/c1-20(2,3)27-19(26)21(13-14-23)11-7-4-8-12-22-17(24)15-9-5-6-10-16(15)18(22)25/h5-6,9-10,17,23-24H,4,7-8,11-14H2,1-3H3. The fourth-order valence-electron chi connectivity index (χ4n) is 3.08. The average molecular weight is 378 g/mol. The molecule has 0 fully saturated rings. The Balaban J connectivity index is 1.76. The Labute approximate surface area is 160 Å². The van der Waals surface area contributed by atoms with Gasteiger partial charge >= 0.3 is 6.09 Å². The minimum absolute atomic E-state index is 0.119. The fraction of sp³-hybridized carbons (Fsp3) is 0.600. The number of nitrogens with zero attached hydrogens (tertiary/aromatic N) is 2. The number of carbonyl (C=O) groups is 2. The maximum Gasteiger partial charge on any atom is 0.410 e. The van der Waals surface area contributed by atoms with E-state index in [-0.39, 0.29) is 19.1 Å². The van der Waals surface area contributed by atoms with E-state index in [0.717, 1.165) is 19.3 Å². The van der Waals surface area contributed by atoms with Gasteiger partial charge < -0.3 is 24.7 Å². The molecule has 0 saturated carbocycles. The molecule has 0 saturated heterocycles. The molecular formula is C20H30N2O5. The molecule has 0 aliphatic carbocycles. The predicted octanol–water partition coefficient (Wildman–Crippen LogP) is 2.53. The Kier molecular flexibility index (Phi) is 7.21. The summed E-state index contributed by atoms with van der Waals surface area (Å²) in [6.45, 7) is 6.46. The minimum atomic E-state index is -0.888. The van der Waals surface area contributed by atoms with Gasteiger partial charge in [-0.25, -0.2) is 4.79 Å². The van der Waals surface area contributed by atoms with Crippen molar-refractivity contribution in [2.24, 2.45) is 0 Å². The molecule has 7 heteroatoms. The number of ether oxygens (including phenoxy) is 1. The summed E-state index contributed by atoms with van der Waals surface area (Å²) in [5.74, 6) is -0.145. The highest BCUT2D eigenvalue weighted by molar-refractivity contribution is 5.98. The van der Waals surface area contributed by atoms with Crippen LogP contribution in [0.4, 0.5) is 4.79 Å². The first-order valence-corrected chi connectivity index (χ1v) is 9.41. The molecule has 2 amide bonds. The van der Waals surface area contributed by atoms with Gasteiger partial charge in [-0.05, 0) is 46.1 Å². The number of amides is 2. The van der Waals surface area contributed by atoms with E-state index in [9.17, 15) is 14.7 Å². The molecule has 0 aromatic heterocycles. The molecule has 0 bridgehead atoms. The molecule has 1 aromatic carbocycles. The highest BCUT2D eigenvalue weighted by Crippen LogP contribution is 2.31. The van der Waals surface area contributed by atoms with Gasteiger partial charge in [0, 0.05) is 30.8 Å². The van der Waals surface area contributed by atoms with Crippen LogP contribution in [0.2, 0.25) is 0 Å². The third kappa shape index (κ3) is 5.68. The number of rotatable bonds is 8. The summed E-state index contributed by atoms with van der Waals surface area (Å²) in [7, 11) is 0. The molecule has 1 unspecified atom stereocenters. The maximum absolute atomic E-state index is 12.4. The van der Waals surface area contributed by atoms with Crippen molar-refractivity contribution in [3.8, 4) is 0 Å². The lowest BCUT2D eigenvalue weighted by atomic mass is 10.1. The van der Waals surface area contributed by atoms with Crippen molar-refractivity contribution in [3.63, 3.8) is 0 Å². The Morgan fingerprint density at radius 1 is 1.19 bits per heavy atom. The van der Waals surface area contributed by atoms with Crippen molar-refractivity contribution in [3.05, 3.63) is 35.4 Å². The van der Waals surface area contributed by atoms with Crippen LogP contribution in [0.1, 0.15) is 62.2 Å². The van der Waals surface area contributed by atoms with E-state index in [2.05, 4.69) is 0 Å². The van der Waals surface area contributed by atoms with Crippen LogP contribution >= 0.6 is 0 Å². The van der Waals surface area contributed by atoms with Crippen LogP contribution < -0.4 is 0 Å². The van der Waals surface area contributed by atoms with Crippen LogP contribution in [0.25, 0.3) is 0 Å². The largest absolute Gasteiger partial charge is 0.444 e. The first-order valence-electron chi connectivity index (χ1n) is 9.41. The molecule has 1 aliphatic rings. The predicted molar refractivity (Wildman–Crippen MR) is 101 cm³/mol. The highest BCUT2D eigenvalue weighted by Gasteiger charge is 2.34. The summed E-state index contributed by atoms with van der Waals surface area (Å²) < 4.78 is 5.34. The van der Waals surface area contributed by atoms with Gasteiger partial charge in [-0.3, -0.25) is 4.79 Å². The van der Waals surface area contributed by atoms with E-state index >= 15 is 0 Å². The zero-order chi connectivity index (χ0) is 20.0. The zero-order valence-corrected chi connectivity index (χ0v) is 16.4. The summed E-state index contributed by atoms with van der Waals surface area (Å²) >= 11 is 0. The molecule has 1 atom stereocenters. The molecule has 1 heterocycles. The summed E-state index contributed by atoms with van der Waals surface area (Å²) in [4.78, 5) is 27.5. The number of fused-ring (bicyclic) bond motifs is 1. The van der Waals surface area contributed by atoms with Crippen molar-refractivity contribution < 1.29 is 24.5 Å². The Morgan fingerprint density at radius 3 is 2.52 bits per heavy atom. The van der Waals surface area contributed by atoms with Crippen molar-refractivity contribution in [1.82, 2.24) is 9.80 Å². The van der Waals surface area contributed by atoms with E-state index in [0.29, 0.717) is 24.2 Å². The monoisotopic (exact) mass is 378 g/mol. The Morgan fingerprint density at radius 2 is 1.89 bits per heavy atom. The second-order valence-electron chi connectivity index (χ2n) is 7.71. The third-order valence-corrected chi connectivity index (χ3v) is 4.37. The van der Waals surface area contributed by atoms with Gasteiger partial charge in [0.05, 0.1) is 6.61 Å². The van der Waals surface area contributed by atoms with Crippen LogP contribution in [0.3, 0.4) is 0 Å². The lowest BCUT2D eigenvalue weighted by molar-refractivity contribution is 0.0166. The van der Waals surface area contributed by atoms with Gasteiger partial charge in [-0.15, -0.1) is 0 Å². The summed E-state index contributed by atoms with van der Waals surface area (Å²) in [5, 5.41) is 19.5. The molecule has 2 N–H and O–H groups in total. The van der Waals surface area contributed by atoms with E-state index < -0.39 is 17.9 Å². The maximum atomic E-state index is 12.4. The number of hydrogen-bond donors (Lipinski definition) is 2. The Bertz CT molecular complexity index is 656. The van der Waals surface area contributed by atoms with Gasteiger partial charge in [0.25, 0.3) is 5.91 Å². The molecule has 0 spiro atoms. The normalized spacial score (nSPS) is 16.4. The van der Waals surface area contributed by atoms with E-state index in [1.165, 1.54) is 9.80 Å². The molecule has 0 radical (unpaired) electrons. The molecule has 27 heavy (non-hydrogen) atoms. The molecule has 7 nitrogen and oxygen atoms in total. The van der Waals surface area contributed by atoms with Gasteiger partial charge in [0.1, 0.15) is 5.60 Å². The van der Waals surface area contributed by atoms with Crippen LogP contribution in [0.15, 0.2) is 24.3 Å². The highest BCUT2D eigenvalue weighted by atomic mass is 16.6. The van der Waals surface area contributed by atoms with Crippen LogP contribution in [-0.2, 0) is 4.74 Å². The number of aliphatic hydroxyl groups is 2. The second kappa shape index (κ2) is 9.19. The summed E-state index contributed by atoms with van der Waals surface area (Å²) in [5.41, 5.74) is 0.636. The van der Waals surface area contributed by atoms with Gasteiger partial charge in [-0.1, -0.05) is 18.2 Å². The lowest BCUT2D eigenvalue weighted by Crippen LogP contribution is -2.39. The quantitative estimate of drug-likeness (QED) is 0.679. The number of benzene rings is 1. The SMILES string of the molecule is CC(C)(C)OC(=O)N(CCO)CCCCCN1C(=O)c2ccccc2C1O. The molecule has 150 valence electrons. The van der Waals surface area contributed by atoms with Gasteiger partial charge in [0.15, 0.2) is 6.23 Å². The van der Waals surface area contributed by atoms with Gasteiger partial charge in [-0.2, -0.15) is 0 Å². The average Bonchev–Trinajstić information content (AvgIpc) is 2.84. The number of hydrogen-bond acceptors (Lipinski definition) is 5. The number of aliphatic hydroxyl groups excluding tert-OH is 2. The number of unbranched alkanes of at least 4 members (excludes halogenated alkanes) is 2. The molecule has 2 rings (SSSR count). The smallest absolute Gasteiger partial charge is 0.410 e. The number of carbonyl (C=O) groups excluding carboxylic acids is 2. The van der Waals surface area contributed by atoms with Crippen LogP contribution in [0, 0.1) is 0 Å². The van der Waals surface area contributed by atoms with Crippen molar-refractivity contribution in [2.45, 2.75) is 51.9 Å². The topological polar surface area (TPSA) is 90.3 Å². The minimum Gasteiger partial charge on any atom is -0.444 e. The molecule has 1 aromatic rings. The molecular weight excluding hydrogens is 348 g/mol. The van der Waals surface area contributed by atoms with Crippen molar-refractivity contribution >= 4 is 12.0 Å². The third-order valence-electron chi connectivity index (χ3n) is 4.37. The van der Waals surface area contributed by atoms with Crippen LogP contribution in [-0.4, -0.2) is 63.9 Å². The van der Waals surface area contributed by atoms with Crippen molar-refractivity contribution in [2.75, 3.05) is 26.2 Å². The van der Waals surface area contributed by atoms with E-state index in [1.54, 1.807) is 39.0 Å². The van der Waals surface area contributed by atoms with E-state index in [1.807, 2.05) is 6.07 Å². The lowest BCUT2D eigenvalue weighted by Gasteiger charge is -2.27. The first kappa shape index (κ1) is 21.2. The first-order chi connectivity index (χ1) is 12.7. The van der Waals surface area contributed by atoms with Gasteiger partial charge in [0.2, 0.25) is 0 Å². The zero-order valence-electron chi connectivity index (χ0n) is 16.4. The van der Waals surface area contributed by atoms with Crippen LogP contribution in [0.5, 0.6) is 0 Å².